The molecule has 134 valence electrons. The van der Waals surface area contributed by atoms with Gasteiger partial charge >= 0.3 is 0 Å². The largest absolute Gasteiger partial charge is 0.390 e. The van der Waals surface area contributed by atoms with Crippen molar-refractivity contribution in [1.29, 1.82) is 0 Å². The van der Waals surface area contributed by atoms with Crippen LogP contribution < -0.4 is 10.6 Å². The molecule has 0 aliphatic carbocycles. The fraction of sp³-hybridized carbons (Fsp3) is 0.300. The molecule has 2 aromatic carbocycles. The first kappa shape index (κ1) is 16.8. The third-order valence-corrected chi connectivity index (χ3v) is 4.97. The number of benzene rings is 2. The van der Waals surface area contributed by atoms with Gasteiger partial charge in [0.25, 0.3) is 5.91 Å². The molecule has 0 unspecified atom stereocenters. The van der Waals surface area contributed by atoms with E-state index in [0.717, 1.165) is 35.0 Å². The van der Waals surface area contributed by atoms with Crippen LogP contribution in [0.25, 0.3) is 22.0 Å². The first-order valence-corrected chi connectivity index (χ1v) is 8.84. The second-order valence-corrected chi connectivity index (χ2v) is 6.76. The van der Waals surface area contributed by atoms with Crippen molar-refractivity contribution in [2.24, 2.45) is 7.05 Å². The number of aliphatic hydroxyl groups is 1. The summed E-state index contributed by atoms with van der Waals surface area (Å²) in [6, 6.07) is 13.5. The molecule has 3 N–H and O–H groups in total. The van der Waals surface area contributed by atoms with Gasteiger partial charge in [0.2, 0.25) is 0 Å². The Morgan fingerprint density at radius 2 is 2.12 bits per heavy atom. The average molecular weight is 350 g/mol. The van der Waals surface area contributed by atoms with Gasteiger partial charge in [0.15, 0.2) is 0 Å². The molecule has 1 amide bonds. The Bertz CT molecular complexity index is 950. The van der Waals surface area contributed by atoms with Crippen LogP contribution in [0.5, 0.6) is 0 Å². The fourth-order valence-electron chi connectivity index (χ4n) is 3.45. The van der Waals surface area contributed by atoms with E-state index in [4.69, 9.17) is 0 Å². The van der Waals surface area contributed by atoms with Gasteiger partial charge in [0.1, 0.15) is 0 Å². The van der Waals surface area contributed by atoms with E-state index in [1.807, 2.05) is 48.3 Å². The number of aryl methyl sites for hydroxylation is 1. The molecule has 0 bridgehead atoms. The second-order valence-electron chi connectivity index (χ2n) is 6.76. The molecular formula is C20H22N4O2. The summed E-state index contributed by atoms with van der Waals surface area (Å²) in [4.78, 5) is 12.6. The molecule has 6 heteroatoms. The lowest BCUT2D eigenvalue weighted by Crippen LogP contribution is -2.52. The van der Waals surface area contributed by atoms with Crippen LogP contribution >= 0.6 is 0 Å². The van der Waals surface area contributed by atoms with Crippen molar-refractivity contribution in [1.82, 2.24) is 20.4 Å². The van der Waals surface area contributed by atoms with Gasteiger partial charge in [-0.15, -0.1) is 0 Å². The molecule has 0 saturated carbocycles. The van der Waals surface area contributed by atoms with Crippen LogP contribution in [0.3, 0.4) is 0 Å². The summed E-state index contributed by atoms with van der Waals surface area (Å²) in [5.41, 5.74) is 3.69. The topological polar surface area (TPSA) is 79.2 Å². The Morgan fingerprint density at radius 1 is 1.27 bits per heavy atom. The molecule has 0 radical (unpaired) electrons. The minimum Gasteiger partial charge on any atom is -0.390 e. The van der Waals surface area contributed by atoms with Crippen molar-refractivity contribution in [3.05, 3.63) is 54.2 Å². The zero-order valence-electron chi connectivity index (χ0n) is 14.6. The zero-order chi connectivity index (χ0) is 18.1. The summed E-state index contributed by atoms with van der Waals surface area (Å²) in [5, 5.41) is 21.4. The summed E-state index contributed by atoms with van der Waals surface area (Å²) in [5.74, 6) is -0.153. The third kappa shape index (κ3) is 3.21. The van der Waals surface area contributed by atoms with Gasteiger partial charge in [-0.3, -0.25) is 9.48 Å². The lowest BCUT2D eigenvalue weighted by Gasteiger charge is -2.29. The predicted molar refractivity (Wildman–Crippen MR) is 101 cm³/mol. The van der Waals surface area contributed by atoms with E-state index in [9.17, 15) is 9.90 Å². The molecular weight excluding hydrogens is 328 g/mol. The Hall–Kier alpha value is -2.70. The molecule has 2 atom stereocenters. The molecule has 1 fully saturated rings. The number of β-amino-alcohol motifs (C(OH)–C–C–N with tert-alkyl or cyclic N) is 1. The van der Waals surface area contributed by atoms with Crippen molar-refractivity contribution >= 4 is 16.8 Å². The molecule has 0 spiro atoms. The molecule has 3 aromatic rings. The van der Waals surface area contributed by atoms with Crippen molar-refractivity contribution in [2.45, 2.75) is 18.6 Å². The number of aliphatic hydroxyl groups excluding tert-OH is 1. The summed E-state index contributed by atoms with van der Waals surface area (Å²) in [6.07, 6.45) is 2.02. The van der Waals surface area contributed by atoms with Crippen molar-refractivity contribution in [2.75, 3.05) is 13.1 Å². The average Bonchev–Trinajstić information content (AvgIpc) is 3.04. The molecule has 4 rings (SSSR count). The van der Waals surface area contributed by atoms with E-state index in [1.165, 1.54) is 0 Å². The number of carbonyl (C=O) groups excluding carboxylic acids is 1. The van der Waals surface area contributed by atoms with E-state index < -0.39 is 6.10 Å². The van der Waals surface area contributed by atoms with Crippen LogP contribution in [-0.2, 0) is 7.05 Å². The van der Waals surface area contributed by atoms with Crippen molar-refractivity contribution in [3.8, 4) is 11.1 Å². The second kappa shape index (κ2) is 6.90. The molecule has 2 heterocycles. The van der Waals surface area contributed by atoms with Gasteiger partial charge in [0, 0.05) is 24.5 Å². The molecule has 1 aliphatic heterocycles. The van der Waals surface area contributed by atoms with E-state index in [0.29, 0.717) is 12.1 Å². The number of nitrogens with zero attached hydrogens (tertiary/aromatic N) is 2. The highest BCUT2D eigenvalue weighted by Gasteiger charge is 2.24. The maximum Gasteiger partial charge on any atom is 0.251 e. The smallest absolute Gasteiger partial charge is 0.251 e. The summed E-state index contributed by atoms with van der Waals surface area (Å²) >= 11 is 0. The molecule has 1 aromatic heterocycles. The van der Waals surface area contributed by atoms with Crippen molar-refractivity contribution in [3.63, 3.8) is 0 Å². The molecule has 26 heavy (non-hydrogen) atoms. The van der Waals surface area contributed by atoms with Crippen LogP contribution in [0, 0.1) is 0 Å². The van der Waals surface area contributed by atoms with Gasteiger partial charge in [0.05, 0.1) is 23.9 Å². The summed E-state index contributed by atoms with van der Waals surface area (Å²) in [6.45, 7) is 1.31. The third-order valence-electron chi connectivity index (χ3n) is 4.97. The van der Waals surface area contributed by atoms with E-state index in [1.54, 1.807) is 6.07 Å². The van der Waals surface area contributed by atoms with Gasteiger partial charge in [-0.1, -0.05) is 18.2 Å². The highest BCUT2D eigenvalue weighted by Crippen LogP contribution is 2.25. The number of nitrogens with one attached hydrogen (secondary N) is 2. The van der Waals surface area contributed by atoms with Gasteiger partial charge in [-0.25, -0.2) is 0 Å². The van der Waals surface area contributed by atoms with Crippen LogP contribution in [-0.4, -0.2) is 46.0 Å². The van der Waals surface area contributed by atoms with Crippen LogP contribution in [0.1, 0.15) is 16.8 Å². The highest BCUT2D eigenvalue weighted by molar-refractivity contribution is 5.96. The highest BCUT2D eigenvalue weighted by atomic mass is 16.3. The van der Waals surface area contributed by atoms with E-state index in [2.05, 4.69) is 21.8 Å². The number of piperidine rings is 1. The maximum absolute atomic E-state index is 12.6. The number of hydrogen-bond acceptors (Lipinski definition) is 4. The quantitative estimate of drug-likeness (QED) is 0.672. The molecule has 6 nitrogen and oxygen atoms in total. The lowest BCUT2D eigenvalue weighted by atomic mass is 10.00. The molecule has 1 aliphatic rings. The monoisotopic (exact) mass is 350 g/mol. The first-order valence-electron chi connectivity index (χ1n) is 8.84. The van der Waals surface area contributed by atoms with Crippen molar-refractivity contribution < 1.29 is 9.90 Å². The number of hydrogen-bond donors (Lipinski definition) is 3. The number of rotatable bonds is 3. The van der Waals surface area contributed by atoms with Crippen LogP contribution in [0.15, 0.2) is 48.7 Å². The Morgan fingerprint density at radius 3 is 2.96 bits per heavy atom. The summed E-state index contributed by atoms with van der Waals surface area (Å²) in [7, 11) is 1.92. The summed E-state index contributed by atoms with van der Waals surface area (Å²) < 4.78 is 1.84. The van der Waals surface area contributed by atoms with Gasteiger partial charge in [-0.2, -0.15) is 5.10 Å². The predicted octanol–water partition coefficient (Wildman–Crippen LogP) is 1.69. The van der Waals surface area contributed by atoms with Gasteiger partial charge < -0.3 is 15.7 Å². The zero-order valence-corrected chi connectivity index (χ0v) is 14.6. The maximum atomic E-state index is 12.6. The molecule has 1 saturated heterocycles. The number of amides is 1. The van der Waals surface area contributed by atoms with Crippen LogP contribution in [0.4, 0.5) is 0 Å². The normalized spacial score (nSPS) is 20.2. The van der Waals surface area contributed by atoms with Crippen LogP contribution in [0.2, 0.25) is 0 Å². The minimum atomic E-state index is -0.552. The number of fused-ring (bicyclic) bond motifs is 1. The number of aromatic nitrogens is 2. The van der Waals surface area contributed by atoms with Gasteiger partial charge in [-0.05, 0) is 48.4 Å². The lowest BCUT2D eigenvalue weighted by molar-refractivity contribution is 0.0765. The van der Waals surface area contributed by atoms with E-state index >= 15 is 0 Å². The van der Waals surface area contributed by atoms with E-state index in [-0.39, 0.29) is 11.9 Å². The fourth-order valence-corrected chi connectivity index (χ4v) is 3.45. The first-order chi connectivity index (χ1) is 12.6. The Kier molecular flexibility index (Phi) is 4.44. The minimum absolute atomic E-state index is 0.153. The SMILES string of the molecule is Cn1ncc2cc(-c3cccc(C(=O)N[C@@H]4CCNC[C@H]4O)c3)ccc21. The Balaban J connectivity index is 1.58. The Labute approximate surface area is 151 Å². The number of carbonyl (C=O) groups is 1. The standard InChI is InChI=1S/C20H22N4O2/c1-24-18-6-5-14(10-16(18)11-22-24)13-3-2-4-15(9-13)20(26)23-17-7-8-21-12-19(17)25/h2-6,9-11,17,19,21,25H,7-8,12H2,1H3,(H,23,26)/t17-,19-/m1/s1.